The van der Waals surface area contributed by atoms with Gasteiger partial charge < -0.3 is 9.42 Å². The summed E-state index contributed by atoms with van der Waals surface area (Å²) >= 11 is 0. The lowest BCUT2D eigenvalue weighted by Crippen LogP contribution is -2.42. The molecular formula is C13H21N3O2. The maximum atomic E-state index is 12.0. The van der Waals surface area contributed by atoms with Gasteiger partial charge in [0.2, 0.25) is 11.8 Å². The Morgan fingerprint density at radius 2 is 2.06 bits per heavy atom. The third-order valence-electron chi connectivity index (χ3n) is 3.26. The number of aromatic nitrogens is 2. The highest BCUT2D eigenvalue weighted by Crippen LogP contribution is 2.32. The van der Waals surface area contributed by atoms with Crippen LogP contribution in [0.15, 0.2) is 4.52 Å². The van der Waals surface area contributed by atoms with Gasteiger partial charge in [0, 0.05) is 24.4 Å². The maximum absolute atomic E-state index is 12.0. The van der Waals surface area contributed by atoms with E-state index in [1.165, 1.54) is 0 Å². The zero-order chi connectivity index (χ0) is 13.5. The van der Waals surface area contributed by atoms with Crippen LogP contribution in [0.3, 0.4) is 0 Å². The number of rotatable bonds is 2. The Morgan fingerprint density at radius 3 is 2.50 bits per heavy atom. The summed E-state index contributed by atoms with van der Waals surface area (Å²) in [5, 5.41) is 3.96. The fourth-order valence-electron chi connectivity index (χ4n) is 2.17. The average Bonchev–Trinajstić information content (AvgIpc) is 2.81. The van der Waals surface area contributed by atoms with Gasteiger partial charge in [0.25, 0.3) is 0 Å². The summed E-state index contributed by atoms with van der Waals surface area (Å²) in [5.41, 5.74) is -0.146. The first-order chi connectivity index (χ1) is 8.29. The van der Waals surface area contributed by atoms with Crippen molar-refractivity contribution in [2.24, 2.45) is 0 Å². The Morgan fingerprint density at radius 1 is 1.39 bits per heavy atom. The van der Waals surface area contributed by atoms with Gasteiger partial charge in [-0.1, -0.05) is 19.0 Å². The molecule has 100 valence electrons. The van der Waals surface area contributed by atoms with Crippen LogP contribution in [0.5, 0.6) is 0 Å². The van der Waals surface area contributed by atoms with Crippen molar-refractivity contribution in [2.45, 2.75) is 58.4 Å². The number of carbonyl (C=O) groups excluding carboxylic acids is 1. The molecule has 5 heteroatoms. The molecule has 1 aromatic rings. The Kier molecular flexibility index (Phi) is 3.17. The number of hydrogen-bond acceptors (Lipinski definition) is 4. The maximum Gasteiger partial charge on any atom is 0.232 e. The topological polar surface area (TPSA) is 59.2 Å². The molecule has 2 heterocycles. The monoisotopic (exact) mass is 251 g/mol. The van der Waals surface area contributed by atoms with Crippen LogP contribution in [0.25, 0.3) is 0 Å². The average molecular weight is 251 g/mol. The Bertz CT molecular complexity index is 445. The minimum atomic E-state index is -0.146. The van der Waals surface area contributed by atoms with Crippen LogP contribution < -0.4 is 0 Å². The van der Waals surface area contributed by atoms with Crippen molar-refractivity contribution in [2.75, 3.05) is 6.54 Å². The summed E-state index contributed by atoms with van der Waals surface area (Å²) < 4.78 is 5.28. The SMILES string of the molecule is CC(C)c1noc(C2CC(=O)N(C(C)(C)C)C2)n1. The highest BCUT2D eigenvalue weighted by Gasteiger charge is 2.39. The highest BCUT2D eigenvalue weighted by molar-refractivity contribution is 5.80. The van der Waals surface area contributed by atoms with Crippen LogP contribution in [0.1, 0.15) is 64.6 Å². The fourth-order valence-corrected chi connectivity index (χ4v) is 2.17. The molecule has 0 spiro atoms. The smallest absolute Gasteiger partial charge is 0.232 e. The summed E-state index contributed by atoms with van der Waals surface area (Å²) in [7, 11) is 0. The number of amides is 1. The summed E-state index contributed by atoms with van der Waals surface area (Å²) in [6, 6.07) is 0. The Labute approximate surface area is 108 Å². The summed E-state index contributed by atoms with van der Waals surface area (Å²) in [6.07, 6.45) is 0.469. The normalized spacial score (nSPS) is 21.1. The van der Waals surface area contributed by atoms with Gasteiger partial charge in [-0.25, -0.2) is 0 Å². The molecule has 18 heavy (non-hydrogen) atoms. The molecule has 5 nitrogen and oxygen atoms in total. The van der Waals surface area contributed by atoms with E-state index in [0.717, 1.165) is 0 Å². The number of likely N-dealkylation sites (tertiary alicyclic amines) is 1. The van der Waals surface area contributed by atoms with Crippen molar-refractivity contribution in [3.8, 4) is 0 Å². The third-order valence-corrected chi connectivity index (χ3v) is 3.26. The summed E-state index contributed by atoms with van der Waals surface area (Å²) in [4.78, 5) is 18.3. The van der Waals surface area contributed by atoms with E-state index in [4.69, 9.17) is 4.52 Å². The van der Waals surface area contributed by atoms with Crippen LogP contribution in [0.2, 0.25) is 0 Å². The molecule has 0 aromatic carbocycles. The molecule has 1 amide bonds. The van der Waals surface area contributed by atoms with E-state index in [1.807, 2.05) is 39.5 Å². The van der Waals surface area contributed by atoms with E-state index >= 15 is 0 Å². The Balaban J connectivity index is 2.14. The first-order valence-corrected chi connectivity index (χ1v) is 6.43. The zero-order valence-corrected chi connectivity index (χ0v) is 11.7. The molecule has 1 aliphatic heterocycles. The van der Waals surface area contributed by atoms with Crippen LogP contribution >= 0.6 is 0 Å². The van der Waals surface area contributed by atoms with E-state index in [0.29, 0.717) is 24.7 Å². The molecule has 1 aromatic heterocycles. The van der Waals surface area contributed by atoms with E-state index in [-0.39, 0.29) is 23.3 Å². The number of carbonyl (C=O) groups is 1. The lowest BCUT2D eigenvalue weighted by Gasteiger charge is -2.31. The van der Waals surface area contributed by atoms with Crippen LogP contribution in [0, 0.1) is 0 Å². The lowest BCUT2D eigenvalue weighted by atomic mass is 10.1. The minimum Gasteiger partial charge on any atom is -0.339 e. The molecule has 1 atom stereocenters. The molecule has 1 unspecified atom stereocenters. The zero-order valence-electron chi connectivity index (χ0n) is 11.7. The highest BCUT2D eigenvalue weighted by atomic mass is 16.5. The van der Waals surface area contributed by atoms with Crippen molar-refractivity contribution in [3.05, 3.63) is 11.7 Å². The predicted octanol–water partition coefficient (Wildman–Crippen LogP) is 2.31. The van der Waals surface area contributed by atoms with Gasteiger partial charge in [-0.2, -0.15) is 4.98 Å². The summed E-state index contributed by atoms with van der Waals surface area (Å²) in [6.45, 7) is 10.8. The molecule has 1 fully saturated rings. The van der Waals surface area contributed by atoms with Crippen molar-refractivity contribution >= 4 is 5.91 Å². The third kappa shape index (κ3) is 2.40. The second-order valence-corrected chi connectivity index (χ2v) is 6.22. The van der Waals surface area contributed by atoms with E-state index < -0.39 is 0 Å². The van der Waals surface area contributed by atoms with Gasteiger partial charge in [0.1, 0.15) is 0 Å². The second kappa shape index (κ2) is 4.37. The van der Waals surface area contributed by atoms with Gasteiger partial charge in [0.15, 0.2) is 5.82 Å². The van der Waals surface area contributed by atoms with Gasteiger partial charge >= 0.3 is 0 Å². The van der Waals surface area contributed by atoms with Crippen LogP contribution in [-0.2, 0) is 4.79 Å². The molecule has 0 saturated carbocycles. The standard InChI is InChI=1S/C13H21N3O2/c1-8(2)11-14-12(18-15-11)9-6-10(17)16(7-9)13(3,4)5/h8-9H,6-7H2,1-5H3. The molecule has 0 aliphatic carbocycles. The molecule has 2 rings (SSSR count). The van der Waals surface area contributed by atoms with Crippen molar-refractivity contribution in [3.63, 3.8) is 0 Å². The van der Waals surface area contributed by atoms with E-state index in [9.17, 15) is 4.79 Å². The first kappa shape index (κ1) is 13.1. The molecule has 0 bridgehead atoms. The van der Waals surface area contributed by atoms with Crippen molar-refractivity contribution in [1.29, 1.82) is 0 Å². The van der Waals surface area contributed by atoms with Crippen LogP contribution in [0.4, 0.5) is 0 Å². The van der Waals surface area contributed by atoms with Gasteiger partial charge in [-0.3, -0.25) is 4.79 Å². The largest absolute Gasteiger partial charge is 0.339 e. The van der Waals surface area contributed by atoms with Gasteiger partial charge in [-0.05, 0) is 20.8 Å². The van der Waals surface area contributed by atoms with Crippen molar-refractivity contribution in [1.82, 2.24) is 15.0 Å². The first-order valence-electron chi connectivity index (χ1n) is 6.43. The van der Waals surface area contributed by atoms with E-state index in [2.05, 4.69) is 10.1 Å². The van der Waals surface area contributed by atoms with E-state index in [1.54, 1.807) is 0 Å². The lowest BCUT2D eigenvalue weighted by molar-refractivity contribution is -0.131. The van der Waals surface area contributed by atoms with Gasteiger partial charge in [0.05, 0.1) is 5.92 Å². The molecule has 0 radical (unpaired) electrons. The number of hydrogen-bond donors (Lipinski definition) is 0. The summed E-state index contributed by atoms with van der Waals surface area (Å²) in [5.74, 6) is 1.76. The quantitative estimate of drug-likeness (QED) is 0.809. The fraction of sp³-hybridized carbons (Fsp3) is 0.769. The minimum absolute atomic E-state index is 0.0386. The molecule has 0 N–H and O–H groups in total. The Hall–Kier alpha value is -1.39. The number of nitrogens with zero attached hydrogens (tertiary/aromatic N) is 3. The molecule has 1 saturated heterocycles. The molecular weight excluding hydrogens is 230 g/mol. The van der Waals surface area contributed by atoms with Crippen LogP contribution in [-0.4, -0.2) is 33.0 Å². The molecule has 1 aliphatic rings. The van der Waals surface area contributed by atoms with Crippen molar-refractivity contribution < 1.29 is 9.32 Å². The predicted molar refractivity (Wildman–Crippen MR) is 67.2 cm³/mol. The second-order valence-electron chi connectivity index (χ2n) is 6.22. The van der Waals surface area contributed by atoms with Gasteiger partial charge in [-0.15, -0.1) is 0 Å².